The summed E-state index contributed by atoms with van der Waals surface area (Å²) in [6, 6.07) is 0. The zero-order valence-electron chi connectivity index (χ0n) is 11.1. The Balaban J connectivity index is 2.24. The van der Waals surface area contributed by atoms with Crippen LogP contribution in [0.2, 0.25) is 0 Å². The van der Waals surface area contributed by atoms with E-state index in [0.29, 0.717) is 0 Å². The molecule has 5 heteroatoms. The van der Waals surface area contributed by atoms with Crippen LogP contribution in [0.1, 0.15) is 11.3 Å². The highest BCUT2D eigenvalue weighted by molar-refractivity contribution is 5.50. The Kier molecular flexibility index (Phi) is 3.47. The van der Waals surface area contributed by atoms with Gasteiger partial charge in [0.05, 0.1) is 0 Å². The highest BCUT2D eigenvalue weighted by Crippen LogP contribution is 2.19. The lowest BCUT2D eigenvalue weighted by atomic mass is 10.2. The first-order valence-corrected chi connectivity index (χ1v) is 6.08. The molecule has 1 aliphatic heterocycles. The van der Waals surface area contributed by atoms with Crippen LogP contribution in [0.15, 0.2) is 0 Å². The fourth-order valence-corrected chi connectivity index (χ4v) is 2.01. The lowest BCUT2D eigenvalue weighted by molar-refractivity contribution is 0.311. The van der Waals surface area contributed by atoms with Gasteiger partial charge in [0.2, 0.25) is 5.95 Å². The number of hydrogen-bond acceptors (Lipinski definition) is 5. The molecule has 17 heavy (non-hydrogen) atoms. The van der Waals surface area contributed by atoms with Gasteiger partial charge in [0, 0.05) is 44.5 Å². The molecular weight excluding hydrogens is 214 g/mol. The molecule has 0 radical (unpaired) electrons. The molecule has 0 atom stereocenters. The van der Waals surface area contributed by atoms with Gasteiger partial charge in [-0.15, -0.1) is 0 Å². The summed E-state index contributed by atoms with van der Waals surface area (Å²) in [5, 5.41) is 3.14. The van der Waals surface area contributed by atoms with Gasteiger partial charge in [0.15, 0.2) is 0 Å². The van der Waals surface area contributed by atoms with Crippen molar-refractivity contribution in [3.8, 4) is 0 Å². The van der Waals surface area contributed by atoms with Gasteiger partial charge >= 0.3 is 0 Å². The van der Waals surface area contributed by atoms with Gasteiger partial charge < -0.3 is 15.1 Å². The van der Waals surface area contributed by atoms with E-state index in [1.165, 1.54) is 0 Å². The minimum Gasteiger partial charge on any atom is -0.373 e. The molecule has 1 aromatic heterocycles. The van der Waals surface area contributed by atoms with E-state index >= 15 is 0 Å². The van der Waals surface area contributed by atoms with Crippen molar-refractivity contribution in [1.82, 2.24) is 14.9 Å². The van der Waals surface area contributed by atoms with E-state index in [1.807, 2.05) is 14.0 Å². The molecule has 2 rings (SSSR count). The van der Waals surface area contributed by atoms with Crippen molar-refractivity contribution in [1.29, 1.82) is 0 Å². The Morgan fingerprint density at radius 2 is 1.71 bits per heavy atom. The molecule has 1 saturated heterocycles. The van der Waals surface area contributed by atoms with Gasteiger partial charge in [0.25, 0.3) is 0 Å². The monoisotopic (exact) mass is 235 g/mol. The summed E-state index contributed by atoms with van der Waals surface area (Å²) in [6.07, 6.45) is 0. The van der Waals surface area contributed by atoms with Crippen LogP contribution < -0.4 is 10.2 Å². The molecule has 0 aliphatic carbocycles. The number of aromatic nitrogens is 2. The summed E-state index contributed by atoms with van der Waals surface area (Å²) >= 11 is 0. The maximum Gasteiger partial charge on any atom is 0.227 e. The molecular formula is C12H21N5. The number of piperazine rings is 1. The third-order valence-corrected chi connectivity index (χ3v) is 3.40. The number of likely N-dealkylation sites (N-methyl/N-ethyl adjacent to an activating group) is 1. The fourth-order valence-electron chi connectivity index (χ4n) is 2.01. The van der Waals surface area contributed by atoms with Crippen LogP contribution in [0.25, 0.3) is 0 Å². The predicted molar refractivity (Wildman–Crippen MR) is 70.8 cm³/mol. The van der Waals surface area contributed by atoms with Crippen LogP contribution in [0, 0.1) is 13.8 Å². The number of hydrogen-bond donors (Lipinski definition) is 1. The smallest absolute Gasteiger partial charge is 0.227 e. The first-order valence-electron chi connectivity index (χ1n) is 6.08. The maximum absolute atomic E-state index is 4.59. The largest absolute Gasteiger partial charge is 0.373 e. The molecule has 0 unspecified atom stereocenters. The van der Waals surface area contributed by atoms with Gasteiger partial charge in [-0.25, -0.2) is 4.98 Å². The SMILES string of the molecule is CNc1nc(N2CCN(C)CC2)nc(C)c1C. The van der Waals surface area contributed by atoms with Crippen LogP contribution >= 0.6 is 0 Å². The second-order valence-corrected chi connectivity index (χ2v) is 4.62. The standard InChI is InChI=1S/C12H21N5/c1-9-10(2)14-12(15-11(9)13-3)17-7-5-16(4)6-8-17/h5-8H2,1-4H3,(H,13,14,15). The summed E-state index contributed by atoms with van der Waals surface area (Å²) in [5.41, 5.74) is 2.18. The molecule has 5 nitrogen and oxygen atoms in total. The van der Waals surface area contributed by atoms with Crippen molar-refractivity contribution in [2.75, 3.05) is 50.5 Å². The molecule has 0 bridgehead atoms. The summed E-state index contributed by atoms with van der Waals surface area (Å²) < 4.78 is 0. The summed E-state index contributed by atoms with van der Waals surface area (Å²) in [5.74, 6) is 1.79. The van der Waals surface area contributed by atoms with Crippen LogP contribution in [0.5, 0.6) is 0 Å². The molecule has 0 saturated carbocycles. The van der Waals surface area contributed by atoms with Crippen LogP contribution in [0.3, 0.4) is 0 Å². The van der Waals surface area contributed by atoms with E-state index < -0.39 is 0 Å². The van der Waals surface area contributed by atoms with Gasteiger partial charge in [-0.3, -0.25) is 0 Å². The Labute approximate surface area is 103 Å². The predicted octanol–water partition coefficient (Wildman–Crippen LogP) is 0.887. The average Bonchev–Trinajstić information content (AvgIpc) is 2.33. The molecule has 94 valence electrons. The number of anilines is 2. The summed E-state index contributed by atoms with van der Waals surface area (Å²) in [6.45, 7) is 8.24. The third kappa shape index (κ3) is 2.49. The van der Waals surface area contributed by atoms with E-state index in [2.05, 4.69) is 39.1 Å². The van der Waals surface area contributed by atoms with Gasteiger partial charge in [-0.05, 0) is 20.9 Å². The van der Waals surface area contributed by atoms with Crippen LogP contribution in [-0.2, 0) is 0 Å². The van der Waals surface area contributed by atoms with Crippen molar-refractivity contribution in [2.24, 2.45) is 0 Å². The molecule has 0 amide bonds. The summed E-state index contributed by atoms with van der Waals surface area (Å²) in [7, 11) is 4.06. The highest BCUT2D eigenvalue weighted by atomic mass is 15.3. The Bertz CT molecular complexity index is 396. The van der Waals surface area contributed by atoms with Crippen molar-refractivity contribution in [3.05, 3.63) is 11.3 Å². The Hall–Kier alpha value is -1.36. The van der Waals surface area contributed by atoms with Crippen LogP contribution in [0.4, 0.5) is 11.8 Å². The van der Waals surface area contributed by atoms with Gasteiger partial charge in [0.1, 0.15) is 5.82 Å². The molecule has 1 aromatic rings. The number of aryl methyl sites for hydroxylation is 1. The second kappa shape index (κ2) is 4.87. The van der Waals surface area contributed by atoms with E-state index in [4.69, 9.17) is 0 Å². The Morgan fingerprint density at radius 1 is 1.06 bits per heavy atom. The molecule has 1 fully saturated rings. The first-order chi connectivity index (χ1) is 8.11. The zero-order valence-corrected chi connectivity index (χ0v) is 11.1. The minimum absolute atomic E-state index is 0.852. The molecule has 1 N–H and O–H groups in total. The quantitative estimate of drug-likeness (QED) is 0.824. The number of rotatable bonds is 2. The normalized spacial score (nSPS) is 17.3. The summed E-state index contributed by atoms with van der Waals surface area (Å²) in [4.78, 5) is 13.8. The molecule has 0 spiro atoms. The average molecular weight is 235 g/mol. The number of nitrogens with zero attached hydrogens (tertiary/aromatic N) is 4. The molecule has 0 aromatic carbocycles. The van der Waals surface area contributed by atoms with Gasteiger partial charge in [-0.1, -0.05) is 0 Å². The lowest BCUT2D eigenvalue weighted by Gasteiger charge is -2.32. The Morgan fingerprint density at radius 3 is 2.29 bits per heavy atom. The van der Waals surface area contributed by atoms with Gasteiger partial charge in [-0.2, -0.15) is 4.98 Å². The van der Waals surface area contributed by atoms with Crippen LogP contribution in [-0.4, -0.2) is 55.1 Å². The minimum atomic E-state index is 0.852. The third-order valence-electron chi connectivity index (χ3n) is 3.40. The van der Waals surface area contributed by atoms with E-state index in [9.17, 15) is 0 Å². The maximum atomic E-state index is 4.59. The topological polar surface area (TPSA) is 44.3 Å². The second-order valence-electron chi connectivity index (χ2n) is 4.62. The fraction of sp³-hybridized carbons (Fsp3) is 0.667. The van der Waals surface area contributed by atoms with Crippen molar-refractivity contribution >= 4 is 11.8 Å². The zero-order chi connectivity index (χ0) is 12.4. The molecule has 1 aliphatic rings. The first kappa shape index (κ1) is 12.1. The van der Waals surface area contributed by atoms with E-state index in [-0.39, 0.29) is 0 Å². The van der Waals surface area contributed by atoms with Crippen molar-refractivity contribution in [2.45, 2.75) is 13.8 Å². The van der Waals surface area contributed by atoms with E-state index in [1.54, 1.807) is 0 Å². The lowest BCUT2D eigenvalue weighted by Crippen LogP contribution is -2.45. The van der Waals surface area contributed by atoms with E-state index in [0.717, 1.165) is 49.2 Å². The molecule has 2 heterocycles. The van der Waals surface area contributed by atoms with Crippen molar-refractivity contribution in [3.63, 3.8) is 0 Å². The number of nitrogens with one attached hydrogen (secondary N) is 1. The highest BCUT2D eigenvalue weighted by Gasteiger charge is 2.18. The van der Waals surface area contributed by atoms with Crippen molar-refractivity contribution < 1.29 is 0 Å².